The molecule has 3 unspecified atom stereocenters. The number of nitrogens with zero attached hydrogens (tertiary/aromatic N) is 2. The van der Waals surface area contributed by atoms with E-state index in [1.165, 1.54) is 43.3 Å². The fourth-order valence-electron chi connectivity index (χ4n) is 10.4. The second-order valence-electron chi connectivity index (χ2n) is 21.6. The molecule has 4 bridgehead atoms. The van der Waals surface area contributed by atoms with E-state index in [4.69, 9.17) is 35.3 Å². The third kappa shape index (κ3) is 15.0. The summed E-state index contributed by atoms with van der Waals surface area (Å²) in [5, 5.41) is 15.2. The maximum absolute atomic E-state index is 14.5. The smallest absolute Gasteiger partial charge is 0.409 e. The van der Waals surface area contributed by atoms with Crippen LogP contribution in [0.1, 0.15) is 145 Å². The largest absolute Gasteiger partial charge is 0.495 e. The summed E-state index contributed by atoms with van der Waals surface area (Å²) >= 11 is 6.86. The standard InChI is InChI=1S/C54H82ClN3O11S2/c1-32-20-19-23-44(66-13)54(64)31-43(67-51(63)56-54)35(4)48-53(9,69-48)45(29-46(60)58(11)40-27-38(26-32)28-42(65-12)47(40)55)68-49(61)36(5)57(10)50(62)52(7,8)30-33(2)37(6)71-70-34(3)24-25-41(59)39-21-17-15-14-16-18-22-39/h19-20,23,27-28,33-37,39,43-45,48,64H,14-18,21-22,24-26,29-31H2,1-13H3,(H,56,63)/b23-19+,32-20+/t33?,34?,35-,36+,37?,43+,44-,45+,48+,53-,54+/m1/s1. The van der Waals surface area contributed by atoms with E-state index in [-0.39, 0.29) is 40.9 Å². The lowest BCUT2D eigenvalue weighted by molar-refractivity contribution is -0.164. The number of hydrogen-bond acceptors (Lipinski definition) is 13. The predicted octanol–water partition coefficient (Wildman–Crippen LogP) is 10.4. The molecule has 3 fully saturated rings. The van der Waals surface area contributed by atoms with Gasteiger partial charge in [-0.15, -0.1) is 0 Å². The summed E-state index contributed by atoms with van der Waals surface area (Å²) < 4.78 is 29.8. The van der Waals surface area contributed by atoms with Crippen molar-refractivity contribution in [1.82, 2.24) is 10.2 Å². The lowest BCUT2D eigenvalue weighted by atomic mass is 9.81. The Balaban J connectivity index is 1.31. The van der Waals surface area contributed by atoms with Gasteiger partial charge in [-0.3, -0.25) is 19.7 Å². The number of ether oxygens (including phenoxy) is 5. The molecule has 0 radical (unpaired) electrons. The second-order valence-corrected chi connectivity index (χ2v) is 25.1. The molecule has 398 valence electrons. The maximum Gasteiger partial charge on any atom is 0.409 e. The van der Waals surface area contributed by atoms with Gasteiger partial charge in [-0.25, -0.2) is 9.59 Å². The van der Waals surface area contributed by atoms with Crippen molar-refractivity contribution in [3.63, 3.8) is 0 Å². The molecule has 3 aliphatic heterocycles. The molecule has 5 rings (SSSR count). The first-order chi connectivity index (χ1) is 33.3. The van der Waals surface area contributed by atoms with Crippen LogP contribution in [-0.4, -0.2) is 120 Å². The molecule has 1 aliphatic carbocycles. The molecule has 3 heterocycles. The summed E-state index contributed by atoms with van der Waals surface area (Å²) in [6, 6.07) is 2.57. The molecule has 71 heavy (non-hydrogen) atoms. The van der Waals surface area contributed by atoms with Gasteiger partial charge in [-0.05, 0) is 76.5 Å². The van der Waals surface area contributed by atoms with Crippen molar-refractivity contribution >= 4 is 68.5 Å². The maximum atomic E-state index is 14.5. The number of ketones is 1. The summed E-state index contributed by atoms with van der Waals surface area (Å²) in [4.78, 5) is 72.1. The molecule has 1 saturated carbocycles. The Morgan fingerprint density at radius 2 is 1.72 bits per heavy atom. The number of benzene rings is 1. The molecule has 3 amide bonds. The Morgan fingerprint density at radius 3 is 2.37 bits per heavy atom. The zero-order valence-electron chi connectivity index (χ0n) is 44.5. The second kappa shape index (κ2) is 25.3. The molecule has 1 aromatic rings. The minimum absolute atomic E-state index is 0.0616. The first-order valence-corrected chi connectivity index (χ1v) is 28.2. The van der Waals surface area contributed by atoms with E-state index >= 15 is 0 Å². The highest BCUT2D eigenvalue weighted by Crippen LogP contribution is 2.49. The molecule has 2 N–H and O–H groups in total. The number of methoxy groups -OCH3 is 2. The monoisotopic (exact) mass is 1050 g/mol. The highest BCUT2D eigenvalue weighted by atomic mass is 35.5. The average molecular weight is 1050 g/mol. The van der Waals surface area contributed by atoms with Crippen LogP contribution in [0.15, 0.2) is 35.9 Å². The Kier molecular flexibility index (Phi) is 20.9. The summed E-state index contributed by atoms with van der Waals surface area (Å²) in [6.45, 7) is 17.4. The number of nitrogens with one attached hydrogen (secondary N) is 1. The number of rotatable bonds is 16. The van der Waals surface area contributed by atoms with Crippen LogP contribution in [0.3, 0.4) is 0 Å². The van der Waals surface area contributed by atoms with Gasteiger partial charge in [0.15, 0.2) is 5.72 Å². The Hall–Kier alpha value is -3.28. The van der Waals surface area contributed by atoms with Gasteiger partial charge in [0.2, 0.25) is 11.8 Å². The van der Waals surface area contributed by atoms with Crippen molar-refractivity contribution in [1.29, 1.82) is 0 Å². The average Bonchev–Trinajstić information content (AvgIpc) is 4.01. The number of esters is 1. The third-order valence-corrected chi connectivity index (χ3v) is 19.4. The molecule has 17 heteroatoms. The number of amides is 3. The van der Waals surface area contributed by atoms with Crippen LogP contribution >= 0.6 is 33.2 Å². The minimum Gasteiger partial charge on any atom is -0.495 e. The van der Waals surface area contributed by atoms with Gasteiger partial charge < -0.3 is 38.6 Å². The van der Waals surface area contributed by atoms with E-state index < -0.39 is 71.1 Å². The van der Waals surface area contributed by atoms with Gasteiger partial charge in [-0.2, -0.15) is 0 Å². The number of Topliss-reactive ketones (excluding diaryl/α,β-unsaturated/α-hetero) is 1. The van der Waals surface area contributed by atoms with Crippen LogP contribution < -0.4 is 15.0 Å². The number of hydrogen-bond donors (Lipinski definition) is 2. The molecule has 14 nitrogen and oxygen atoms in total. The van der Waals surface area contributed by atoms with Gasteiger partial charge in [0.1, 0.15) is 46.5 Å². The van der Waals surface area contributed by atoms with Crippen LogP contribution in [0.25, 0.3) is 0 Å². The lowest BCUT2D eigenvalue weighted by Crippen LogP contribution is -2.63. The summed E-state index contributed by atoms with van der Waals surface area (Å²) in [5.74, 6) is -0.778. The highest BCUT2D eigenvalue weighted by molar-refractivity contribution is 8.77. The van der Waals surface area contributed by atoms with Crippen LogP contribution in [0, 0.1) is 23.2 Å². The number of anilines is 1. The molecule has 4 aliphatic rings. The van der Waals surface area contributed by atoms with Crippen molar-refractivity contribution in [2.45, 2.75) is 198 Å². The van der Waals surface area contributed by atoms with E-state index in [0.29, 0.717) is 41.7 Å². The first-order valence-electron chi connectivity index (χ1n) is 25.6. The number of alkyl carbamates (subject to hydrolysis) is 1. The van der Waals surface area contributed by atoms with Crippen LogP contribution in [-0.2, 0) is 44.5 Å². The summed E-state index contributed by atoms with van der Waals surface area (Å²) in [5.41, 5.74) is -1.82. The number of carbonyl (C=O) groups is 5. The van der Waals surface area contributed by atoms with Crippen molar-refractivity contribution in [2.75, 3.05) is 33.2 Å². The number of likely N-dealkylation sites (N-methyl/N-ethyl adjacent to an activating group) is 1. The normalized spacial score (nSPS) is 29.8. The van der Waals surface area contributed by atoms with Crippen LogP contribution in [0.5, 0.6) is 5.75 Å². The van der Waals surface area contributed by atoms with Gasteiger partial charge in [-0.1, -0.05) is 131 Å². The zero-order valence-corrected chi connectivity index (χ0v) is 46.9. The van der Waals surface area contributed by atoms with E-state index in [1.54, 1.807) is 57.0 Å². The molecule has 1 aromatic carbocycles. The SMILES string of the molecule is COc1cc2cc(c1Cl)N(C)C(=O)C[C@H](OC(=O)[C@H](C)N(C)C(=O)C(C)(C)CC(C)C(C)SSC(C)CCC(=O)C1CCCCCCC1)[C@@]1(C)O[C@H]1[C@H](C)[C@@H]1C[C@@](O)(NC(=O)O1)[C@H](OC)/C=C/C=C(\C)C2. The number of epoxide rings is 1. The van der Waals surface area contributed by atoms with E-state index in [2.05, 4.69) is 26.1 Å². The van der Waals surface area contributed by atoms with Crippen LogP contribution in [0.4, 0.5) is 10.5 Å². The lowest BCUT2D eigenvalue weighted by Gasteiger charge is -2.42. The van der Waals surface area contributed by atoms with Crippen LogP contribution in [0.2, 0.25) is 5.02 Å². The molecule has 0 spiro atoms. The van der Waals surface area contributed by atoms with Gasteiger partial charge in [0.05, 0.1) is 25.3 Å². The number of fused-ring (bicyclic) bond motifs is 5. The number of carbonyl (C=O) groups excluding carboxylic acids is 5. The van der Waals surface area contributed by atoms with Crippen molar-refractivity contribution in [3.05, 3.63) is 46.5 Å². The van der Waals surface area contributed by atoms with E-state index in [1.807, 2.05) is 50.6 Å². The Labute approximate surface area is 436 Å². The highest BCUT2D eigenvalue weighted by Gasteiger charge is 2.64. The van der Waals surface area contributed by atoms with Gasteiger partial charge in [0.25, 0.3) is 0 Å². The Bertz CT molecular complexity index is 2110. The molecule has 2 saturated heterocycles. The first kappa shape index (κ1) is 58.6. The number of allylic oxidation sites excluding steroid dienone is 3. The van der Waals surface area contributed by atoms with Crippen molar-refractivity contribution in [2.24, 2.45) is 23.2 Å². The van der Waals surface area contributed by atoms with Crippen molar-refractivity contribution in [3.8, 4) is 5.75 Å². The topological polar surface area (TPSA) is 174 Å². The molecule has 11 atom stereocenters. The summed E-state index contributed by atoms with van der Waals surface area (Å²) in [6.07, 6.45) is 11.0. The predicted molar refractivity (Wildman–Crippen MR) is 283 cm³/mol. The fraction of sp³-hybridized carbons (Fsp3) is 0.722. The Morgan fingerprint density at radius 1 is 1.06 bits per heavy atom. The summed E-state index contributed by atoms with van der Waals surface area (Å²) in [7, 11) is 9.73. The van der Waals surface area contributed by atoms with Gasteiger partial charge in [0, 0.05) is 61.8 Å². The van der Waals surface area contributed by atoms with E-state index in [0.717, 1.165) is 43.2 Å². The molecular weight excluding hydrogens is 966 g/mol. The van der Waals surface area contributed by atoms with E-state index in [9.17, 15) is 29.1 Å². The number of halogens is 1. The zero-order chi connectivity index (χ0) is 52.6. The number of aliphatic hydroxyl groups is 1. The minimum atomic E-state index is -1.85. The molecule has 0 aromatic heterocycles. The molecular formula is C54H82ClN3O11S2. The quantitative estimate of drug-likeness (QED) is 0.0911. The third-order valence-electron chi connectivity index (χ3n) is 15.4. The van der Waals surface area contributed by atoms with Crippen molar-refractivity contribution < 1.29 is 52.8 Å². The fourth-order valence-corrected chi connectivity index (χ4v) is 13.5. The van der Waals surface area contributed by atoms with Gasteiger partial charge >= 0.3 is 12.1 Å².